The van der Waals surface area contributed by atoms with Gasteiger partial charge in [-0.25, -0.2) is 9.59 Å². The molecule has 0 aliphatic carbocycles. The van der Waals surface area contributed by atoms with Crippen molar-refractivity contribution >= 4 is 11.9 Å². The maximum atomic E-state index is 11.0. The maximum absolute atomic E-state index is 11.0. The molecule has 1 rings (SSSR count). The summed E-state index contributed by atoms with van der Waals surface area (Å²) in [6.45, 7) is 0. The van der Waals surface area contributed by atoms with E-state index in [0.29, 0.717) is 0 Å². The number of aliphatic carboxylic acids is 2. The zero-order chi connectivity index (χ0) is 14.5. The highest BCUT2D eigenvalue weighted by Gasteiger charge is 2.39. The van der Waals surface area contributed by atoms with Crippen molar-refractivity contribution in [1.29, 1.82) is 0 Å². The highest BCUT2D eigenvalue weighted by molar-refractivity contribution is 5.79. The first-order valence-electron chi connectivity index (χ1n) is 5.76. The summed E-state index contributed by atoms with van der Waals surface area (Å²) in [5, 5.41) is 36.7. The van der Waals surface area contributed by atoms with Crippen molar-refractivity contribution in [2.24, 2.45) is 0 Å². The van der Waals surface area contributed by atoms with Gasteiger partial charge in [-0.2, -0.15) is 0 Å². The summed E-state index contributed by atoms with van der Waals surface area (Å²) in [5.41, 5.74) is -1.43. The fourth-order valence-corrected chi connectivity index (χ4v) is 1.70. The molecule has 19 heavy (non-hydrogen) atoms. The third-order valence-electron chi connectivity index (χ3n) is 2.88. The number of aliphatic hydroxyl groups is 2. The van der Waals surface area contributed by atoms with E-state index in [2.05, 4.69) is 0 Å². The molecular formula is C13H16O6. The molecule has 0 aliphatic rings. The highest BCUT2D eigenvalue weighted by atomic mass is 16.4. The van der Waals surface area contributed by atoms with Crippen LogP contribution in [0.25, 0.3) is 0 Å². The Balaban J connectivity index is 2.72. The minimum absolute atomic E-state index is 0.170. The molecule has 0 saturated heterocycles. The Morgan fingerprint density at radius 3 is 2.21 bits per heavy atom. The molecule has 6 heteroatoms. The van der Waals surface area contributed by atoms with E-state index in [0.717, 1.165) is 5.56 Å². The van der Waals surface area contributed by atoms with Crippen LogP contribution >= 0.6 is 0 Å². The highest BCUT2D eigenvalue weighted by Crippen LogP contribution is 2.21. The molecule has 0 radical (unpaired) electrons. The predicted octanol–water partition coefficient (Wildman–Crippen LogP) is 0.270. The molecular weight excluding hydrogens is 252 g/mol. The molecule has 0 saturated carbocycles. The number of aliphatic hydroxyl groups excluding tert-OH is 1. The number of aryl methyl sites for hydroxylation is 1. The summed E-state index contributed by atoms with van der Waals surface area (Å²) in [6.07, 6.45) is -2.55. The minimum atomic E-state index is -2.26. The number of benzene rings is 1. The fourth-order valence-electron chi connectivity index (χ4n) is 1.70. The van der Waals surface area contributed by atoms with Crippen molar-refractivity contribution in [2.75, 3.05) is 0 Å². The standard InChI is InChI=1S/C13H16O6/c14-10(11(15)16)8-13(19,12(17)18)7-6-9-4-2-1-3-5-9/h1-5,10,14,19H,6-8H2,(H,15,16)(H,17,18). The lowest BCUT2D eigenvalue weighted by Crippen LogP contribution is -2.44. The summed E-state index contributed by atoms with van der Waals surface area (Å²) < 4.78 is 0. The molecule has 6 nitrogen and oxygen atoms in total. The second-order valence-electron chi connectivity index (χ2n) is 4.38. The fraction of sp³-hybridized carbons (Fsp3) is 0.385. The lowest BCUT2D eigenvalue weighted by atomic mass is 9.89. The number of hydrogen-bond donors (Lipinski definition) is 4. The van der Waals surface area contributed by atoms with E-state index >= 15 is 0 Å². The Hall–Kier alpha value is -1.92. The van der Waals surface area contributed by atoms with Gasteiger partial charge in [0.1, 0.15) is 0 Å². The summed E-state index contributed by atoms with van der Waals surface area (Å²) in [5.74, 6) is -3.09. The molecule has 0 amide bonds. The van der Waals surface area contributed by atoms with Crippen LogP contribution in [0.15, 0.2) is 30.3 Å². The SMILES string of the molecule is O=C(O)C(O)CC(O)(CCc1ccccc1)C(=O)O. The van der Waals surface area contributed by atoms with Crippen molar-refractivity contribution in [3.05, 3.63) is 35.9 Å². The second kappa shape index (κ2) is 6.31. The number of carboxylic acid groups (broad SMARTS) is 2. The molecule has 0 spiro atoms. The quantitative estimate of drug-likeness (QED) is 0.564. The van der Waals surface area contributed by atoms with E-state index in [1.807, 2.05) is 0 Å². The van der Waals surface area contributed by atoms with Crippen LogP contribution in [0.2, 0.25) is 0 Å². The maximum Gasteiger partial charge on any atom is 0.335 e. The number of hydrogen-bond acceptors (Lipinski definition) is 4. The summed E-state index contributed by atoms with van der Waals surface area (Å²) in [6, 6.07) is 8.91. The molecule has 0 bridgehead atoms. The third kappa shape index (κ3) is 4.35. The van der Waals surface area contributed by atoms with E-state index in [1.165, 1.54) is 0 Å². The van der Waals surface area contributed by atoms with Crippen molar-refractivity contribution in [1.82, 2.24) is 0 Å². The average Bonchev–Trinajstić information content (AvgIpc) is 2.37. The molecule has 0 aliphatic heterocycles. The Morgan fingerprint density at radius 2 is 1.74 bits per heavy atom. The number of carbonyl (C=O) groups is 2. The van der Waals surface area contributed by atoms with Crippen LogP contribution in [0.4, 0.5) is 0 Å². The van der Waals surface area contributed by atoms with Gasteiger partial charge in [0.2, 0.25) is 0 Å². The normalized spacial score (nSPS) is 15.5. The van der Waals surface area contributed by atoms with Gasteiger partial charge in [-0.05, 0) is 18.4 Å². The lowest BCUT2D eigenvalue weighted by Gasteiger charge is -2.24. The molecule has 104 valence electrons. The van der Waals surface area contributed by atoms with Gasteiger partial charge in [-0.3, -0.25) is 0 Å². The van der Waals surface area contributed by atoms with E-state index in [4.69, 9.17) is 10.2 Å². The van der Waals surface area contributed by atoms with Crippen LogP contribution in [0, 0.1) is 0 Å². The summed E-state index contributed by atoms with van der Waals surface area (Å²) >= 11 is 0. The molecule has 0 aromatic heterocycles. The van der Waals surface area contributed by atoms with E-state index in [1.54, 1.807) is 30.3 Å². The van der Waals surface area contributed by atoms with Gasteiger partial charge in [-0.1, -0.05) is 30.3 Å². The summed E-state index contributed by atoms with van der Waals surface area (Å²) in [4.78, 5) is 21.6. The van der Waals surface area contributed by atoms with Crippen LogP contribution in [0.3, 0.4) is 0 Å². The van der Waals surface area contributed by atoms with Crippen molar-refractivity contribution < 1.29 is 30.0 Å². The van der Waals surface area contributed by atoms with Gasteiger partial charge in [0.15, 0.2) is 11.7 Å². The number of carboxylic acids is 2. The van der Waals surface area contributed by atoms with Crippen LogP contribution in [-0.4, -0.2) is 44.1 Å². The zero-order valence-corrected chi connectivity index (χ0v) is 10.2. The third-order valence-corrected chi connectivity index (χ3v) is 2.88. The van der Waals surface area contributed by atoms with Crippen LogP contribution in [-0.2, 0) is 16.0 Å². The van der Waals surface area contributed by atoms with Gasteiger partial charge in [0, 0.05) is 6.42 Å². The first-order chi connectivity index (χ1) is 8.85. The van der Waals surface area contributed by atoms with E-state index in [-0.39, 0.29) is 12.8 Å². The Morgan fingerprint density at radius 1 is 1.16 bits per heavy atom. The topological polar surface area (TPSA) is 115 Å². The average molecular weight is 268 g/mol. The predicted molar refractivity (Wildman–Crippen MR) is 65.6 cm³/mol. The number of rotatable bonds is 7. The molecule has 0 fully saturated rings. The van der Waals surface area contributed by atoms with E-state index in [9.17, 15) is 19.8 Å². The summed E-state index contributed by atoms with van der Waals surface area (Å²) in [7, 11) is 0. The minimum Gasteiger partial charge on any atom is -0.479 e. The van der Waals surface area contributed by atoms with Crippen LogP contribution < -0.4 is 0 Å². The Kier molecular flexibility index (Phi) is 5.02. The first kappa shape index (κ1) is 15.1. The van der Waals surface area contributed by atoms with Crippen LogP contribution in [0.5, 0.6) is 0 Å². The largest absolute Gasteiger partial charge is 0.479 e. The smallest absolute Gasteiger partial charge is 0.335 e. The molecule has 1 aromatic carbocycles. The van der Waals surface area contributed by atoms with Crippen molar-refractivity contribution in [3.8, 4) is 0 Å². The van der Waals surface area contributed by atoms with Gasteiger partial charge in [0.25, 0.3) is 0 Å². The van der Waals surface area contributed by atoms with Gasteiger partial charge < -0.3 is 20.4 Å². The van der Waals surface area contributed by atoms with Crippen LogP contribution in [0.1, 0.15) is 18.4 Å². The van der Waals surface area contributed by atoms with E-state index < -0.39 is 30.1 Å². The lowest BCUT2D eigenvalue weighted by molar-refractivity contribution is -0.166. The molecule has 2 atom stereocenters. The van der Waals surface area contributed by atoms with Gasteiger partial charge in [-0.15, -0.1) is 0 Å². The molecule has 2 unspecified atom stereocenters. The Bertz CT molecular complexity index is 444. The monoisotopic (exact) mass is 268 g/mol. The second-order valence-corrected chi connectivity index (χ2v) is 4.38. The van der Waals surface area contributed by atoms with Crippen molar-refractivity contribution in [2.45, 2.75) is 31.0 Å². The zero-order valence-electron chi connectivity index (χ0n) is 10.2. The molecule has 0 heterocycles. The van der Waals surface area contributed by atoms with Gasteiger partial charge >= 0.3 is 11.9 Å². The molecule has 1 aromatic rings. The molecule has 4 N–H and O–H groups in total. The van der Waals surface area contributed by atoms with Gasteiger partial charge in [0.05, 0.1) is 0 Å². The Labute approximate surface area is 109 Å². The van der Waals surface area contributed by atoms with Crippen molar-refractivity contribution in [3.63, 3.8) is 0 Å². The first-order valence-corrected chi connectivity index (χ1v) is 5.76.